The van der Waals surface area contributed by atoms with Gasteiger partial charge in [0.15, 0.2) is 5.69 Å². The van der Waals surface area contributed by atoms with Gasteiger partial charge in [0.25, 0.3) is 11.1 Å². The molecule has 4 bridgehead atoms. The van der Waals surface area contributed by atoms with Crippen molar-refractivity contribution in [2.75, 3.05) is 0 Å². The summed E-state index contributed by atoms with van der Waals surface area (Å²) in [7, 11) is 0. The van der Waals surface area contributed by atoms with Crippen LogP contribution in [0.5, 0.6) is 0 Å². The smallest absolute Gasteiger partial charge is 0.279 e. The molecule has 7 heteroatoms. The predicted molar refractivity (Wildman–Crippen MR) is 144 cm³/mol. The molecule has 1 N–H and O–H groups in total. The van der Waals surface area contributed by atoms with Gasteiger partial charge in [-0.25, -0.2) is 9.97 Å². The maximum Gasteiger partial charge on any atom is 0.279 e. The van der Waals surface area contributed by atoms with E-state index in [9.17, 15) is 9.59 Å². The SMILES string of the molecule is C[C@@H]1C[C@@H]2C[C@H](C1)C[C@@H](N1[C@@H]3CCC[C@H]1C[C@@H](n1c(=O)c(-c4c[nH]c(=O)cn4)nc4ccccc41)C3)C2. The second-order valence-electron chi connectivity index (χ2n) is 12.4. The Morgan fingerprint density at radius 2 is 1.59 bits per heavy atom. The van der Waals surface area contributed by atoms with Gasteiger partial charge in [0.1, 0.15) is 5.69 Å². The van der Waals surface area contributed by atoms with Crippen molar-refractivity contribution < 1.29 is 0 Å². The van der Waals surface area contributed by atoms with Crippen molar-refractivity contribution in [3.05, 3.63) is 57.4 Å². The maximum atomic E-state index is 14.0. The first kappa shape index (κ1) is 23.3. The number of H-pyrrole nitrogens is 1. The van der Waals surface area contributed by atoms with Crippen molar-refractivity contribution >= 4 is 11.0 Å². The molecule has 2 saturated carbocycles. The zero-order valence-electron chi connectivity index (χ0n) is 21.7. The Kier molecular flexibility index (Phi) is 5.79. The number of fused-ring (bicyclic) bond motifs is 5. The fourth-order valence-electron chi connectivity index (χ4n) is 8.74. The zero-order valence-corrected chi connectivity index (χ0v) is 21.7. The molecule has 0 spiro atoms. The average molecular weight is 500 g/mol. The highest BCUT2D eigenvalue weighted by Crippen LogP contribution is 2.48. The number of benzene rings is 1. The minimum atomic E-state index is -0.286. The van der Waals surface area contributed by atoms with Crippen LogP contribution in [-0.4, -0.2) is 42.5 Å². The van der Waals surface area contributed by atoms with E-state index in [4.69, 9.17) is 4.98 Å². The summed E-state index contributed by atoms with van der Waals surface area (Å²) in [5, 5.41) is 0. The van der Waals surface area contributed by atoms with Crippen LogP contribution in [0.1, 0.15) is 77.2 Å². The first-order valence-corrected chi connectivity index (χ1v) is 14.4. The molecule has 2 aromatic heterocycles. The first-order valence-electron chi connectivity index (χ1n) is 14.4. The van der Waals surface area contributed by atoms with Crippen molar-refractivity contribution in [3.63, 3.8) is 0 Å². The van der Waals surface area contributed by atoms with Crippen LogP contribution >= 0.6 is 0 Å². The summed E-state index contributed by atoms with van der Waals surface area (Å²) in [6, 6.07) is 9.93. The van der Waals surface area contributed by atoms with Crippen molar-refractivity contribution in [3.8, 4) is 11.4 Å². The number of nitrogens with zero attached hydrogens (tertiary/aromatic N) is 4. The number of hydrogen-bond donors (Lipinski definition) is 1. The molecule has 0 unspecified atom stereocenters. The lowest BCUT2D eigenvalue weighted by atomic mass is 9.65. The molecule has 4 fully saturated rings. The second kappa shape index (κ2) is 9.19. The van der Waals surface area contributed by atoms with E-state index in [1.807, 2.05) is 28.8 Å². The van der Waals surface area contributed by atoms with Crippen LogP contribution < -0.4 is 11.1 Å². The molecule has 194 valence electrons. The van der Waals surface area contributed by atoms with E-state index >= 15 is 0 Å². The lowest BCUT2D eigenvalue weighted by molar-refractivity contribution is -0.0524. The Morgan fingerprint density at radius 1 is 0.865 bits per heavy atom. The summed E-state index contributed by atoms with van der Waals surface area (Å²) in [5.41, 5.74) is 2.05. The first-order chi connectivity index (χ1) is 18.0. The van der Waals surface area contributed by atoms with Crippen molar-refractivity contribution in [2.24, 2.45) is 17.8 Å². The van der Waals surface area contributed by atoms with E-state index in [0.717, 1.165) is 47.7 Å². The third-order valence-electron chi connectivity index (χ3n) is 9.85. The van der Waals surface area contributed by atoms with Gasteiger partial charge in [-0.3, -0.25) is 14.5 Å². The third-order valence-corrected chi connectivity index (χ3v) is 9.85. The van der Waals surface area contributed by atoms with E-state index < -0.39 is 0 Å². The van der Waals surface area contributed by atoms with Crippen LogP contribution in [0.25, 0.3) is 22.4 Å². The van der Waals surface area contributed by atoms with Crippen LogP contribution in [0.2, 0.25) is 0 Å². The molecule has 7 nitrogen and oxygen atoms in total. The van der Waals surface area contributed by atoms with Gasteiger partial charge in [0, 0.05) is 30.4 Å². The number of aromatic amines is 1. The summed E-state index contributed by atoms with van der Waals surface area (Å²) in [4.78, 5) is 40.1. The molecule has 2 aliphatic carbocycles. The molecular formula is C30H37N5O2. The second-order valence-corrected chi connectivity index (χ2v) is 12.4. The highest BCUT2D eigenvalue weighted by atomic mass is 16.1. The van der Waals surface area contributed by atoms with E-state index in [1.54, 1.807) is 0 Å². The molecule has 2 saturated heterocycles. The Hall–Kier alpha value is -2.80. The lowest BCUT2D eigenvalue weighted by Crippen LogP contribution is -2.58. The van der Waals surface area contributed by atoms with Crippen molar-refractivity contribution in [2.45, 2.75) is 95.3 Å². The topological polar surface area (TPSA) is 83.9 Å². The van der Waals surface area contributed by atoms with Gasteiger partial charge in [-0.15, -0.1) is 0 Å². The Balaban J connectivity index is 1.24. The fourth-order valence-corrected chi connectivity index (χ4v) is 8.74. The largest absolute Gasteiger partial charge is 0.326 e. The molecule has 4 aliphatic rings. The van der Waals surface area contributed by atoms with Crippen LogP contribution in [0, 0.1) is 17.8 Å². The summed E-state index contributed by atoms with van der Waals surface area (Å²) in [6.45, 7) is 2.45. The predicted octanol–water partition coefficient (Wildman–Crippen LogP) is 4.92. The van der Waals surface area contributed by atoms with E-state index in [0.29, 0.717) is 23.5 Å². The summed E-state index contributed by atoms with van der Waals surface area (Å²) < 4.78 is 2.02. The van der Waals surface area contributed by atoms with Crippen LogP contribution in [-0.2, 0) is 0 Å². The minimum Gasteiger partial charge on any atom is -0.326 e. The minimum absolute atomic E-state index is 0.101. The Labute approximate surface area is 217 Å². The number of rotatable bonds is 3. The summed E-state index contributed by atoms with van der Waals surface area (Å²) in [5.74, 6) is 2.71. The Bertz CT molecular complexity index is 1380. The van der Waals surface area contributed by atoms with Crippen molar-refractivity contribution in [1.82, 2.24) is 24.4 Å². The number of nitrogens with one attached hydrogen (secondary N) is 1. The standard InChI is InChI=1S/C30H37N5O2/c1-18-9-19-11-20(10-18)13-23(12-19)34-21-5-4-6-22(34)15-24(14-21)35-27-8-3-2-7-25(27)33-29(30(35)37)26-16-32-28(36)17-31-26/h2-3,7-8,16-24H,4-6,9-15H2,1H3,(H,32,36)/t18-,19-,20+,21-,22+,23+,24+. The molecule has 7 atom stereocenters. The molecular weight excluding hydrogens is 462 g/mol. The summed E-state index contributed by atoms with van der Waals surface area (Å²) in [6.07, 6.45) is 15.6. The van der Waals surface area contributed by atoms with Gasteiger partial charge in [-0.1, -0.05) is 25.5 Å². The molecule has 1 aromatic carbocycles. The number of piperidine rings is 2. The number of para-hydroxylation sites is 2. The van der Waals surface area contributed by atoms with Gasteiger partial charge in [0.2, 0.25) is 0 Å². The molecule has 0 amide bonds. The maximum absolute atomic E-state index is 14.0. The lowest BCUT2D eigenvalue weighted by Gasteiger charge is -2.55. The van der Waals surface area contributed by atoms with E-state index in [1.165, 1.54) is 63.8 Å². The number of hydrogen-bond acceptors (Lipinski definition) is 5. The molecule has 4 heterocycles. The fraction of sp³-hybridized carbons (Fsp3) is 0.600. The van der Waals surface area contributed by atoms with E-state index in [-0.39, 0.29) is 17.2 Å². The van der Waals surface area contributed by atoms with Gasteiger partial charge in [0.05, 0.1) is 17.2 Å². The highest BCUT2D eigenvalue weighted by Gasteiger charge is 2.46. The van der Waals surface area contributed by atoms with Gasteiger partial charge in [-0.05, 0) is 87.7 Å². The Morgan fingerprint density at radius 3 is 2.30 bits per heavy atom. The zero-order chi connectivity index (χ0) is 25.1. The highest BCUT2D eigenvalue weighted by molar-refractivity contribution is 5.77. The third kappa shape index (κ3) is 4.15. The quantitative estimate of drug-likeness (QED) is 0.553. The van der Waals surface area contributed by atoms with E-state index in [2.05, 4.69) is 21.8 Å². The molecule has 7 rings (SSSR count). The van der Waals surface area contributed by atoms with Crippen molar-refractivity contribution in [1.29, 1.82) is 0 Å². The van der Waals surface area contributed by atoms with Crippen LogP contribution in [0.3, 0.4) is 0 Å². The normalized spacial score (nSPS) is 33.9. The van der Waals surface area contributed by atoms with Gasteiger partial charge < -0.3 is 9.55 Å². The summed E-state index contributed by atoms with van der Waals surface area (Å²) >= 11 is 0. The van der Waals surface area contributed by atoms with Gasteiger partial charge >= 0.3 is 0 Å². The molecule has 2 aliphatic heterocycles. The average Bonchev–Trinajstić information content (AvgIpc) is 2.87. The molecule has 3 aromatic rings. The molecule has 37 heavy (non-hydrogen) atoms. The van der Waals surface area contributed by atoms with Crippen LogP contribution in [0.4, 0.5) is 0 Å². The van der Waals surface area contributed by atoms with Gasteiger partial charge in [-0.2, -0.15) is 0 Å². The monoisotopic (exact) mass is 499 g/mol. The molecule has 0 radical (unpaired) electrons. The van der Waals surface area contributed by atoms with Crippen LogP contribution in [0.15, 0.2) is 46.2 Å². The number of aromatic nitrogens is 4.